The van der Waals surface area contributed by atoms with Crippen molar-refractivity contribution in [1.82, 2.24) is 14.7 Å². The van der Waals surface area contributed by atoms with Gasteiger partial charge in [0.1, 0.15) is 6.04 Å². The van der Waals surface area contributed by atoms with Gasteiger partial charge in [-0.05, 0) is 57.3 Å². The highest BCUT2D eigenvalue weighted by atomic mass is 32.2. The molecule has 2 unspecified atom stereocenters. The van der Waals surface area contributed by atoms with E-state index in [4.69, 9.17) is 0 Å². The van der Waals surface area contributed by atoms with Crippen LogP contribution in [0.1, 0.15) is 87.5 Å². The number of fused-ring (bicyclic) bond motifs is 1. The third kappa shape index (κ3) is 6.43. The van der Waals surface area contributed by atoms with E-state index < -0.39 is 34.2 Å². The van der Waals surface area contributed by atoms with E-state index in [1.54, 1.807) is 28.8 Å². The van der Waals surface area contributed by atoms with Crippen LogP contribution in [-0.4, -0.2) is 91.4 Å². The molecular formula is C33H55N3O4S. The average molecular weight is 590 g/mol. The number of thioether (sulfide) groups is 1. The van der Waals surface area contributed by atoms with Crippen LogP contribution in [0.4, 0.5) is 0 Å². The van der Waals surface area contributed by atoms with E-state index in [0.29, 0.717) is 32.5 Å². The van der Waals surface area contributed by atoms with Gasteiger partial charge in [-0.25, -0.2) is 0 Å². The number of carbonyl (C=O) groups is 3. The number of rotatable bonds is 14. The predicted octanol–water partition coefficient (Wildman–Crippen LogP) is 5.14. The average Bonchev–Trinajstić information content (AvgIpc) is 3.50. The summed E-state index contributed by atoms with van der Waals surface area (Å²) in [5.74, 6) is -1.05. The lowest BCUT2D eigenvalue weighted by molar-refractivity contribution is -0.150. The van der Waals surface area contributed by atoms with E-state index in [1.807, 2.05) is 16.7 Å². The lowest BCUT2D eigenvalue weighted by Gasteiger charge is -2.46. The van der Waals surface area contributed by atoms with Gasteiger partial charge in [0.15, 0.2) is 0 Å². The quantitative estimate of drug-likeness (QED) is 0.284. The van der Waals surface area contributed by atoms with Gasteiger partial charge in [0, 0.05) is 30.4 Å². The Balaban J connectivity index is 2.15. The van der Waals surface area contributed by atoms with E-state index in [0.717, 1.165) is 19.3 Å². The smallest absolute Gasteiger partial charge is 0.247 e. The molecule has 3 aliphatic heterocycles. The fraction of sp³-hybridized carbons (Fsp3) is 0.788. The second kappa shape index (κ2) is 12.8. The first-order valence-electron chi connectivity index (χ1n) is 15.5. The summed E-state index contributed by atoms with van der Waals surface area (Å²) in [4.78, 5) is 49.1. The number of hydrogen-bond donors (Lipinski definition) is 1. The van der Waals surface area contributed by atoms with E-state index >= 15 is 0 Å². The molecule has 8 heteroatoms. The van der Waals surface area contributed by atoms with Gasteiger partial charge in [0.2, 0.25) is 17.7 Å². The van der Waals surface area contributed by atoms with Gasteiger partial charge in [0.25, 0.3) is 0 Å². The minimum Gasteiger partial charge on any atom is -0.394 e. The minimum absolute atomic E-state index is 0.00218. The normalized spacial score (nSPS) is 28.1. The standard InChI is InChI=1S/C33H55N3O4S/c1-11-16-34(17-12-2)28(38)25-24-14-15-33(41-24)26(25)29(39)36(23(20-37)19-22(4)5)27(33)30(40)35(18-13-3)32(9,10)21-31(6,7)8/h11,13,22-27,37H,1,3,12,14-21H2,2,4-10H3/t23-,24+,25-,26+,27?,33?/m1/s1. The Morgan fingerprint density at radius 1 is 1.15 bits per heavy atom. The first kappa shape index (κ1) is 33.7. The van der Waals surface area contributed by atoms with Gasteiger partial charge in [-0.15, -0.1) is 24.9 Å². The molecule has 41 heavy (non-hydrogen) atoms. The summed E-state index contributed by atoms with van der Waals surface area (Å²) >= 11 is 1.70. The molecule has 7 nitrogen and oxygen atoms in total. The molecule has 3 fully saturated rings. The lowest BCUT2D eigenvalue weighted by atomic mass is 9.70. The van der Waals surface area contributed by atoms with Crippen molar-refractivity contribution in [3.63, 3.8) is 0 Å². The monoisotopic (exact) mass is 589 g/mol. The fourth-order valence-corrected chi connectivity index (χ4v) is 10.3. The minimum atomic E-state index is -0.734. The van der Waals surface area contributed by atoms with Crippen molar-refractivity contribution in [2.24, 2.45) is 23.2 Å². The van der Waals surface area contributed by atoms with Crippen molar-refractivity contribution in [3.05, 3.63) is 25.3 Å². The Morgan fingerprint density at radius 2 is 1.78 bits per heavy atom. The largest absolute Gasteiger partial charge is 0.394 e. The number of hydrogen-bond acceptors (Lipinski definition) is 5. The second-order valence-corrected chi connectivity index (χ2v) is 16.2. The van der Waals surface area contributed by atoms with Gasteiger partial charge in [-0.1, -0.05) is 53.7 Å². The molecule has 3 saturated heterocycles. The molecule has 1 spiro atoms. The molecular weight excluding hydrogens is 534 g/mol. The molecule has 0 aromatic heterocycles. The van der Waals surface area contributed by atoms with Crippen LogP contribution in [0.2, 0.25) is 0 Å². The van der Waals surface area contributed by atoms with Gasteiger partial charge in [-0.3, -0.25) is 14.4 Å². The van der Waals surface area contributed by atoms with Gasteiger partial charge >= 0.3 is 0 Å². The third-order valence-corrected chi connectivity index (χ3v) is 11.0. The number of aliphatic hydroxyl groups excluding tert-OH is 1. The van der Waals surface area contributed by atoms with Crippen LogP contribution < -0.4 is 0 Å². The summed E-state index contributed by atoms with van der Waals surface area (Å²) in [5.41, 5.74) is -0.509. The van der Waals surface area contributed by atoms with Crippen LogP contribution in [0.5, 0.6) is 0 Å². The van der Waals surface area contributed by atoms with Crippen molar-refractivity contribution in [2.75, 3.05) is 26.2 Å². The van der Waals surface area contributed by atoms with Crippen LogP contribution >= 0.6 is 11.8 Å². The Hall–Kier alpha value is -1.80. The second-order valence-electron chi connectivity index (χ2n) is 14.6. The van der Waals surface area contributed by atoms with Crippen LogP contribution in [0.15, 0.2) is 25.3 Å². The molecule has 2 bridgehead atoms. The zero-order valence-electron chi connectivity index (χ0n) is 26.8. The molecule has 3 heterocycles. The summed E-state index contributed by atoms with van der Waals surface area (Å²) in [6.07, 6.45) is 7.21. The fourth-order valence-electron chi connectivity index (χ4n) is 8.10. The van der Waals surface area contributed by atoms with Crippen molar-refractivity contribution < 1.29 is 19.5 Å². The number of aliphatic hydroxyl groups is 1. The van der Waals surface area contributed by atoms with Crippen molar-refractivity contribution in [3.8, 4) is 0 Å². The summed E-state index contributed by atoms with van der Waals surface area (Å²) < 4.78 is -0.688. The molecule has 0 saturated carbocycles. The first-order valence-corrected chi connectivity index (χ1v) is 16.4. The molecule has 0 aromatic rings. The van der Waals surface area contributed by atoms with Crippen LogP contribution in [0.25, 0.3) is 0 Å². The number of likely N-dealkylation sites (tertiary alicyclic amines) is 1. The Labute approximate surface area is 253 Å². The summed E-state index contributed by atoms with van der Waals surface area (Å²) in [6, 6.07) is -1.22. The number of amides is 3. The van der Waals surface area contributed by atoms with E-state index in [2.05, 4.69) is 61.6 Å². The molecule has 3 aliphatic rings. The number of carbonyl (C=O) groups excluding carboxylic acids is 3. The summed E-state index contributed by atoms with van der Waals surface area (Å²) in [6.45, 7) is 25.9. The van der Waals surface area contributed by atoms with E-state index in [9.17, 15) is 19.5 Å². The van der Waals surface area contributed by atoms with Crippen LogP contribution in [0.3, 0.4) is 0 Å². The highest BCUT2D eigenvalue weighted by molar-refractivity contribution is 8.02. The van der Waals surface area contributed by atoms with E-state index in [1.165, 1.54) is 0 Å². The molecule has 0 aliphatic carbocycles. The highest BCUT2D eigenvalue weighted by Crippen LogP contribution is 2.67. The maximum absolute atomic E-state index is 15.0. The highest BCUT2D eigenvalue weighted by Gasteiger charge is 2.74. The molecule has 0 aromatic carbocycles. The number of nitrogens with zero attached hydrogens (tertiary/aromatic N) is 3. The van der Waals surface area contributed by atoms with E-state index in [-0.39, 0.29) is 40.9 Å². The molecule has 6 atom stereocenters. The van der Waals surface area contributed by atoms with Crippen molar-refractivity contribution in [1.29, 1.82) is 0 Å². The van der Waals surface area contributed by atoms with Gasteiger partial charge < -0.3 is 19.8 Å². The molecule has 3 rings (SSSR count). The van der Waals surface area contributed by atoms with Gasteiger partial charge in [-0.2, -0.15) is 0 Å². The lowest BCUT2D eigenvalue weighted by Crippen LogP contribution is -2.61. The zero-order chi connectivity index (χ0) is 30.9. The molecule has 1 N–H and O–H groups in total. The van der Waals surface area contributed by atoms with Crippen molar-refractivity contribution >= 4 is 29.5 Å². The summed E-state index contributed by atoms with van der Waals surface area (Å²) in [7, 11) is 0. The third-order valence-electron chi connectivity index (χ3n) is 9.03. The van der Waals surface area contributed by atoms with Gasteiger partial charge in [0.05, 0.1) is 29.2 Å². The van der Waals surface area contributed by atoms with Crippen LogP contribution in [-0.2, 0) is 14.4 Å². The maximum Gasteiger partial charge on any atom is 0.247 e. The molecule has 232 valence electrons. The SMILES string of the molecule is C=CCN(CCC)C(=O)[C@@H]1[C@@H]2CCC3(S2)C(C(=O)N(CC=C)C(C)(C)CC(C)(C)C)N([C@@H](CO)CC(C)C)C(=O)[C@H]13. The van der Waals surface area contributed by atoms with Crippen molar-refractivity contribution in [2.45, 2.75) is 115 Å². The Kier molecular flexibility index (Phi) is 10.5. The Morgan fingerprint density at radius 3 is 2.29 bits per heavy atom. The first-order chi connectivity index (χ1) is 19.1. The topological polar surface area (TPSA) is 81.2 Å². The molecule has 0 radical (unpaired) electrons. The zero-order valence-corrected chi connectivity index (χ0v) is 27.6. The summed E-state index contributed by atoms with van der Waals surface area (Å²) in [5, 5.41) is 10.6. The maximum atomic E-state index is 15.0. The predicted molar refractivity (Wildman–Crippen MR) is 168 cm³/mol. The Bertz CT molecular complexity index is 1000. The molecule has 3 amide bonds. The van der Waals surface area contributed by atoms with Crippen LogP contribution in [0, 0.1) is 23.2 Å².